The van der Waals surface area contributed by atoms with Gasteiger partial charge in [-0.3, -0.25) is 0 Å². The average molecular weight is 213 g/mol. The molecule has 0 aliphatic rings. The summed E-state index contributed by atoms with van der Waals surface area (Å²) >= 11 is 5.71. The summed E-state index contributed by atoms with van der Waals surface area (Å²) in [6.45, 7) is 6.30. The lowest BCUT2D eigenvalue weighted by Gasteiger charge is -2.06. The Labute approximate surface area is 88.8 Å². The molecule has 3 heteroatoms. The van der Waals surface area contributed by atoms with E-state index in [1.54, 1.807) is 12.1 Å². The molecule has 0 aliphatic heterocycles. The summed E-state index contributed by atoms with van der Waals surface area (Å²) in [5, 5.41) is 9.46. The number of rotatable bonds is 4. The number of halogens is 1. The predicted octanol–water partition coefficient (Wildman–Crippen LogP) is 3.39. The molecule has 14 heavy (non-hydrogen) atoms. The van der Waals surface area contributed by atoms with E-state index in [9.17, 15) is 0 Å². The minimum atomic E-state index is 0.0684. The molecule has 2 nitrogen and oxygen atoms in total. The van der Waals surface area contributed by atoms with E-state index in [4.69, 9.17) is 21.4 Å². The summed E-state index contributed by atoms with van der Waals surface area (Å²) in [5.41, 5.74) is 1.08. The molecule has 0 saturated carbocycles. The lowest BCUT2D eigenvalue weighted by atomic mass is 10.2. The van der Waals surface area contributed by atoms with Crippen LogP contribution < -0.4 is 4.74 Å². The first-order chi connectivity index (χ1) is 6.59. The largest absolute Gasteiger partial charge is 0.506 e. The first-order valence-corrected chi connectivity index (χ1v) is 4.73. The van der Waals surface area contributed by atoms with Gasteiger partial charge in [0.15, 0.2) is 0 Å². The van der Waals surface area contributed by atoms with E-state index in [0.29, 0.717) is 17.4 Å². The normalized spacial score (nSPS) is 9.86. The molecule has 0 amide bonds. The van der Waals surface area contributed by atoms with Crippen LogP contribution in [0, 0.1) is 0 Å². The lowest BCUT2D eigenvalue weighted by molar-refractivity contribution is 0.321. The molecular formula is C11H13ClO2. The van der Waals surface area contributed by atoms with E-state index < -0.39 is 0 Å². The van der Waals surface area contributed by atoms with Crippen LogP contribution in [0.1, 0.15) is 13.3 Å². The SMILES string of the molecule is C=C(C)CCOc1ccc(O)c(Cl)c1. The molecule has 0 radical (unpaired) electrons. The van der Waals surface area contributed by atoms with Crippen LogP contribution in [0.3, 0.4) is 0 Å². The molecule has 0 fully saturated rings. The van der Waals surface area contributed by atoms with Gasteiger partial charge in [-0.1, -0.05) is 17.2 Å². The van der Waals surface area contributed by atoms with Crippen molar-refractivity contribution in [2.75, 3.05) is 6.61 Å². The third-order valence-corrected chi connectivity index (χ3v) is 2.02. The fraction of sp³-hybridized carbons (Fsp3) is 0.273. The van der Waals surface area contributed by atoms with Crippen LogP contribution in [0.2, 0.25) is 5.02 Å². The Kier molecular flexibility index (Phi) is 3.84. The van der Waals surface area contributed by atoms with Crippen molar-refractivity contribution in [1.82, 2.24) is 0 Å². The minimum Gasteiger partial charge on any atom is -0.506 e. The molecule has 1 aromatic carbocycles. The molecule has 0 atom stereocenters. The molecule has 0 spiro atoms. The number of ether oxygens (including phenoxy) is 1. The van der Waals surface area contributed by atoms with E-state index in [1.165, 1.54) is 6.07 Å². The van der Waals surface area contributed by atoms with Crippen molar-refractivity contribution in [2.45, 2.75) is 13.3 Å². The molecule has 0 aliphatic carbocycles. The van der Waals surface area contributed by atoms with Crippen LogP contribution in [-0.2, 0) is 0 Å². The maximum absolute atomic E-state index is 9.16. The van der Waals surface area contributed by atoms with Crippen molar-refractivity contribution < 1.29 is 9.84 Å². The number of hydrogen-bond donors (Lipinski definition) is 1. The zero-order chi connectivity index (χ0) is 10.6. The monoisotopic (exact) mass is 212 g/mol. The molecule has 1 N–H and O–H groups in total. The highest BCUT2D eigenvalue weighted by Crippen LogP contribution is 2.27. The molecule has 0 heterocycles. The molecule has 0 saturated heterocycles. The predicted molar refractivity (Wildman–Crippen MR) is 58.0 cm³/mol. The van der Waals surface area contributed by atoms with Crippen molar-refractivity contribution in [3.8, 4) is 11.5 Å². The second-order valence-electron chi connectivity index (χ2n) is 3.17. The van der Waals surface area contributed by atoms with Crippen LogP contribution in [0.25, 0.3) is 0 Å². The number of hydrogen-bond acceptors (Lipinski definition) is 2. The molecule has 0 bridgehead atoms. The van der Waals surface area contributed by atoms with Gasteiger partial charge in [0.25, 0.3) is 0 Å². The Balaban J connectivity index is 2.51. The van der Waals surface area contributed by atoms with Crippen LogP contribution >= 0.6 is 11.6 Å². The van der Waals surface area contributed by atoms with E-state index in [-0.39, 0.29) is 5.75 Å². The van der Waals surface area contributed by atoms with Gasteiger partial charge < -0.3 is 9.84 Å². The minimum absolute atomic E-state index is 0.0684. The maximum Gasteiger partial charge on any atom is 0.134 e. The second kappa shape index (κ2) is 4.91. The fourth-order valence-corrected chi connectivity index (χ4v) is 1.09. The van der Waals surface area contributed by atoms with E-state index >= 15 is 0 Å². The zero-order valence-electron chi connectivity index (χ0n) is 8.09. The topological polar surface area (TPSA) is 29.5 Å². The quantitative estimate of drug-likeness (QED) is 0.776. The van der Waals surface area contributed by atoms with Gasteiger partial charge in [-0.2, -0.15) is 0 Å². The number of phenolic OH excluding ortho intramolecular Hbond substituents is 1. The number of benzene rings is 1. The Hall–Kier alpha value is -1.15. The summed E-state index contributed by atoms with van der Waals surface area (Å²) in [6.07, 6.45) is 0.818. The van der Waals surface area contributed by atoms with Gasteiger partial charge in [-0.25, -0.2) is 0 Å². The van der Waals surface area contributed by atoms with Crippen molar-refractivity contribution in [1.29, 1.82) is 0 Å². The van der Waals surface area contributed by atoms with E-state index in [0.717, 1.165) is 12.0 Å². The summed E-state index contributed by atoms with van der Waals surface area (Å²) in [5.74, 6) is 0.730. The third-order valence-electron chi connectivity index (χ3n) is 1.72. The summed E-state index contributed by atoms with van der Waals surface area (Å²) in [4.78, 5) is 0. The highest BCUT2D eigenvalue weighted by Gasteiger charge is 2.00. The van der Waals surface area contributed by atoms with Crippen LogP contribution in [0.15, 0.2) is 30.4 Å². The highest BCUT2D eigenvalue weighted by atomic mass is 35.5. The Bertz CT molecular complexity index is 334. The summed E-state index contributed by atoms with van der Waals surface area (Å²) in [7, 11) is 0. The summed E-state index contributed by atoms with van der Waals surface area (Å²) < 4.78 is 5.40. The van der Waals surface area contributed by atoms with Crippen LogP contribution in [-0.4, -0.2) is 11.7 Å². The highest BCUT2D eigenvalue weighted by molar-refractivity contribution is 6.32. The molecule has 76 valence electrons. The fourth-order valence-electron chi connectivity index (χ4n) is 0.921. The molecule has 0 unspecified atom stereocenters. The van der Waals surface area contributed by atoms with Crippen molar-refractivity contribution in [3.63, 3.8) is 0 Å². The molecule has 1 rings (SSSR count). The van der Waals surface area contributed by atoms with Crippen LogP contribution in [0.5, 0.6) is 11.5 Å². The Morgan fingerprint density at radius 1 is 1.57 bits per heavy atom. The Morgan fingerprint density at radius 3 is 2.86 bits per heavy atom. The lowest BCUT2D eigenvalue weighted by Crippen LogP contribution is -1.97. The van der Waals surface area contributed by atoms with Gasteiger partial charge in [0.05, 0.1) is 11.6 Å². The standard InChI is InChI=1S/C11H13ClO2/c1-8(2)5-6-14-9-3-4-11(13)10(12)7-9/h3-4,7,13H,1,5-6H2,2H3. The zero-order valence-corrected chi connectivity index (χ0v) is 8.84. The van der Waals surface area contributed by atoms with Gasteiger partial charge in [-0.05, 0) is 19.1 Å². The van der Waals surface area contributed by atoms with Crippen molar-refractivity contribution >= 4 is 11.6 Å². The molecule has 0 aromatic heterocycles. The summed E-state index contributed by atoms with van der Waals surface area (Å²) in [6, 6.07) is 4.79. The second-order valence-corrected chi connectivity index (χ2v) is 3.58. The molecular weight excluding hydrogens is 200 g/mol. The average Bonchev–Trinajstić information content (AvgIpc) is 2.10. The number of aromatic hydroxyl groups is 1. The van der Waals surface area contributed by atoms with E-state index in [2.05, 4.69) is 6.58 Å². The smallest absolute Gasteiger partial charge is 0.134 e. The first-order valence-electron chi connectivity index (χ1n) is 4.35. The van der Waals surface area contributed by atoms with Gasteiger partial charge >= 0.3 is 0 Å². The van der Waals surface area contributed by atoms with Gasteiger partial charge in [0.1, 0.15) is 11.5 Å². The van der Waals surface area contributed by atoms with Gasteiger partial charge in [0.2, 0.25) is 0 Å². The Morgan fingerprint density at radius 2 is 2.29 bits per heavy atom. The number of phenols is 1. The maximum atomic E-state index is 9.16. The van der Waals surface area contributed by atoms with Gasteiger partial charge in [-0.15, -0.1) is 6.58 Å². The van der Waals surface area contributed by atoms with Crippen molar-refractivity contribution in [3.05, 3.63) is 35.4 Å². The van der Waals surface area contributed by atoms with E-state index in [1.807, 2.05) is 6.92 Å². The third kappa shape index (κ3) is 3.30. The van der Waals surface area contributed by atoms with Crippen molar-refractivity contribution in [2.24, 2.45) is 0 Å². The molecule has 1 aromatic rings. The van der Waals surface area contributed by atoms with Crippen LogP contribution in [0.4, 0.5) is 0 Å². The van der Waals surface area contributed by atoms with Gasteiger partial charge in [0, 0.05) is 12.5 Å². The first kappa shape index (κ1) is 10.9.